The SMILES string of the molecule is CC(C)CCCC[C@@H](C)CC(=O)N(C)CC(C)C. The summed E-state index contributed by atoms with van der Waals surface area (Å²) in [6.45, 7) is 11.9. The van der Waals surface area contributed by atoms with E-state index < -0.39 is 0 Å². The van der Waals surface area contributed by atoms with Crippen LogP contribution in [0.4, 0.5) is 0 Å². The van der Waals surface area contributed by atoms with Gasteiger partial charge in [0.2, 0.25) is 5.91 Å². The molecule has 18 heavy (non-hydrogen) atoms. The lowest BCUT2D eigenvalue weighted by Crippen LogP contribution is -2.31. The highest BCUT2D eigenvalue weighted by Crippen LogP contribution is 2.16. The highest BCUT2D eigenvalue weighted by atomic mass is 16.2. The molecule has 2 nitrogen and oxygen atoms in total. The van der Waals surface area contributed by atoms with Crippen molar-refractivity contribution in [3.05, 3.63) is 0 Å². The van der Waals surface area contributed by atoms with Crippen molar-refractivity contribution in [3.63, 3.8) is 0 Å². The molecule has 0 fully saturated rings. The Morgan fingerprint density at radius 3 is 2.00 bits per heavy atom. The molecule has 2 heteroatoms. The molecule has 0 saturated carbocycles. The fourth-order valence-corrected chi connectivity index (χ4v) is 2.25. The Bertz CT molecular complexity index is 223. The third-order valence-electron chi connectivity index (χ3n) is 3.32. The van der Waals surface area contributed by atoms with Crippen molar-refractivity contribution in [3.8, 4) is 0 Å². The van der Waals surface area contributed by atoms with E-state index in [1.165, 1.54) is 25.7 Å². The van der Waals surface area contributed by atoms with Crippen LogP contribution in [0.3, 0.4) is 0 Å². The molecule has 0 bridgehead atoms. The van der Waals surface area contributed by atoms with Crippen LogP contribution in [0.2, 0.25) is 0 Å². The first-order chi connectivity index (χ1) is 8.32. The van der Waals surface area contributed by atoms with Gasteiger partial charge in [-0.1, -0.05) is 60.3 Å². The van der Waals surface area contributed by atoms with Gasteiger partial charge >= 0.3 is 0 Å². The van der Waals surface area contributed by atoms with E-state index in [-0.39, 0.29) is 0 Å². The molecular formula is C16H33NO. The minimum absolute atomic E-state index is 0.306. The van der Waals surface area contributed by atoms with Crippen LogP contribution in [0.15, 0.2) is 0 Å². The number of carbonyl (C=O) groups excluding carboxylic acids is 1. The zero-order chi connectivity index (χ0) is 14.1. The molecule has 0 aliphatic rings. The zero-order valence-electron chi connectivity index (χ0n) is 13.3. The highest BCUT2D eigenvalue weighted by molar-refractivity contribution is 5.76. The summed E-state index contributed by atoms with van der Waals surface area (Å²) in [5.74, 6) is 2.19. The Morgan fingerprint density at radius 1 is 0.944 bits per heavy atom. The van der Waals surface area contributed by atoms with Gasteiger partial charge in [-0.05, 0) is 17.8 Å². The van der Waals surface area contributed by atoms with Gasteiger partial charge in [-0.25, -0.2) is 0 Å². The maximum atomic E-state index is 12.0. The summed E-state index contributed by atoms with van der Waals surface area (Å²) < 4.78 is 0. The normalized spacial score (nSPS) is 13.1. The number of unbranched alkanes of at least 4 members (excludes halogenated alkanes) is 1. The fraction of sp³-hybridized carbons (Fsp3) is 0.938. The van der Waals surface area contributed by atoms with Gasteiger partial charge < -0.3 is 4.90 Å². The van der Waals surface area contributed by atoms with Gasteiger partial charge in [0, 0.05) is 20.0 Å². The third kappa shape index (κ3) is 9.49. The second kappa shape index (κ2) is 9.41. The second-order valence-corrected chi connectivity index (χ2v) is 6.66. The predicted octanol–water partition coefficient (Wildman–Crippen LogP) is 4.34. The number of nitrogens with zero attached hydrogens (tertiary/aromatic N) is 1. The average molecular weight is 255 g/mol. The molecule has 0 rings (SSSR count). The number of hydrogen-bond donors (Lipinski definition) is 0. The Morgan fingerprint density at radius 2 is 1.50 bits per heavy atom. The third-order valence-corrected chi connectivity index (χ3v) is 3.32. The predicted molar refractivity (Wildman–Crippen MR) is 79.6 cm³/mol. The maximum Gasteiger partial charge on any atom is 0.222 e. The van der Waals surface area contributed by atoms with E-state index in [9.17, 15) is 4.79 Å². The maximum absolute atomic E-state index is 12.0. The molecule has 1 atom stereocenters. The second-order valence-electron chi connectivity index (χ2n) is 6.66. The van der Waals surface area contributed by atoms with Crippen molar-refractivity contribution < 1.29 is 4.79 Å². The van der Waals surface area contributed by atoms with Gasteiger partial charge in [-0.3, -0.25) is 4.79 Å². The van der Waals surface area contributed by atoms with E-state index >= 15 is 0 Å². The largest absolute Gasteiger partial charge is 0.345 e. The summed E-state index contributed by atoms with van der Waals surface area (Å²) in [6.07, 6.45) is 5.78. The molecular weight excluding hydrogens is 222 g/mol. The molecule has 0 aromatic carbocycles. The zero-order valence-corrected chi connectivity index (χ0v) is 13.3. The Labute approximate surface area is 114 Å². The van der Waals surface area contributed by atoms with Crippen molar-refractivity contribution in [2.45, 2.75) is 66.7 Å². The van der Waals surface area contributed by atoms with Gasteiger partial charge in [-0.15, -0.1) is 0 Å². The van der Waals surface area contributed by atoms with Crippen molar-refractivity contribution in [1.29, 1.82) is 0 Å². The molecule has 0 aliphatic heterocycles. The van der Waals surface area contributed by atoms with Gasteiger partial charge in [0.1, 0.15) is 0 Å². The topological polar surface area (TPSA) is 20.3 Å². The Balaban J connectivity index is 3.73. The van der Waals surface area contributed by atoms with E-state index in [0.717, 1.165) is 12.5 Å². The van der Waals surface area contributed by atoms with Crippen LogP contribution in [0.25, 0.3) is 0 Å². The number of rotatable bonds is 9. The van der Waals surface area contributed by atoms with Crippen LogP contribution < -0.4 is 0 Å². The molecule has 0 N–H and O–H groups in total. The number of carbonyl (C=O) groups is 1. The van der Waals surface area contributed by atoms with Crippen LogP contribution in [-0.4, -0.2) is 24.4 Å². The van der Waals surface area contributed by atoms with Crippen molar-refractivity contribution in [2.75, 3.05) is 13.6 Å². The lowest BCUT2D eigenvalue weighted by Gasteiger charge is -2.21. The standard InChI is InChI=1S/C16H33NO/c1-13(2)9-7-8-10-15(5)11-16(18)17(6)12-14(3)4/h13-15H,7-12H2,1-6H3/t15-/m1/s1. The minimum atomic E-state index is 0.306. The highest BCUT2D eigenvalue weighted by Gasteiger charge is 2.14. The first kappa shape index (κ1) is 17.5. The van der Waals surface area contributed by atoms with Crippen LogP contribution in [0.1, 0.15) is 66.7 Å². The van der Waals surface area contributed by atoms with E-state index in [1.54, 1.807) is 0 Å². The molecule has 0 aromatic rings. The van der Waals surface area contributed by atoms with E-state index in [4.69, 9.17) is 0 Å². The molecule has 0 spiro atoms. The fourth-order valence-electron chi connectivity index (χ4n) is 2.25. The summed E-state index contributed by atoms with van der Waals surface area (Å²) in [5.41, 5.74) is 0. The number of hydrogen-bond acceptors (Lipinski definition) is 1. The van der Waals surface area contributed by atoms with E-state index in [1.807, 2.05) is 11.9 Å². The molecule has 0 saturated heterocycles. The van der Waals surface area contributed by atoms with E-state index in [2.05, 4.69) is 34.6 Å². The molecule has 0 unspecified atom stereocenters. The van der Waals surface area contributed by atoms with Crippen molar-refractivity contribution >= 4 is 5.91 Å². The van der Waals surface area contributed by atoms with Gasteiger partial charge in [0.05, 0.1) is 0 Å². The summed E-state index contributed by atoms with van der Waals surface area (Å²) in [6, 6.07) is 0. The van der Waals surface area contributed by atoms with Crippen LogP contribution in [0.5, 0.6) is 0 Å². The van der Waals surface area contributed by atoms with Gasteiger partial charge in [-0.2, -0.15) is 0 Å². The van der Waals surface area contributed by atoms with Crippen LogP contribution in [-0.2, 0) is 4.79 Å². The molecule has 0 radical (unpaired) electrons. The van der Waals surface area contributed by atoms with E-state index in [0.29, 0.717) is 24.2 Å². The van der Waals surface area contributed by atoms with Crippen LogP contribution >= 0.6 is 0 Å². The quantitative estimate of drug-likeness (QED) is 0.561. The Hall–Kier alpha value is -0.530. The monoisotopic (exact) mass is 255 g/mol. The molecule has 1 amide bonds. The van der Waals surface area contributed by atoms with Crippen LogP contribution in [0, 0.1) is 17.8 Å². The molecule has 0 aromatic heterocycles. The average Bonchev–Trinajstić information content (AvgIpc) is 2.23. The summed E-state index contributed by atoms with van der Waals surface area (Å²) >= 11 is 0. The molecule has 108 valence electrons. The van der Waals surface area contributed by atoms with Gasteiger partial charge in [0.25, 0.3) is 0 Å². The lowest BCUT2D eigenvalue weighted by molar-refractivity contribution is -0.131. The number of amides is 1. The first-order valence-electron chi connectivity index (χ1n) is 7.56. The molecule has 0 aliphatic carbocycles. The van der Waals surface area contributed by atoms with Gasteiger partial charge in [0.15, 0.2) is 0 Å². The molecule has 0 heterocycles. The first-order valence-corrected chi connectivity index (χ1v) is 7.56. The van der Waals surface area contributed by atoms with Crippen molar-refractivity contribution in [1.82, 2.24) is 4.90 Å². The summed E-state index contributed by atoms with van der Waals surface area (Å²) in [4.78, 5) is 13.8. The summed E-state index contributed by atoms with van der Waals surface area (Å²) in [5, 5.41) is 0. The minimum Gasteiger partial charge on any atom is -0.345 e. The van der Waals surface area contributed by atoms with Crippen molar-refractivity contribution in [2.24, 2.45) is 17.8 Å². The summed E-state index contributed by atoms with van der Waals surface area (Å²) in [7, 11) is 1.92. The smallest absolute Gasteiger partial charge is 0.222 e. The lowest BCUT2D eigenvalue weighted by atomic mass is 9.97. The Kier molecular flexibility index (Phi) is 9.13.